The topological polar surface area (TPSA) is 316 Å². The summed E-state index contributed by atoms with van der Waals surface area (Å²) in [5.74, 6) is 4.19. The molecule has 19 aromatic rings. The zero-order valence-electron chi connectivity index (χ0n) is 58.8. The van der Waals surface area contributed by atoms with Gasteiger partial charge in [0, 0.05) is 97.1 Å². The normalized spacial score (nSPS) is 9.57. The molecule has 22 heteroatoms. The van der Waals surface area contributed by atoms with E-state index in [1.54, 1.807) is 12.1 Å². The maximum absolute atomic E-state index is 5.80. The molecule has 12 aromatic carbocycles. The van der Waals surface area contributed by atoms with Crippen LogP contribution >= 0.6 is 0 Å². The van der Waals surface area contributed by atoms with Crippen LogP contribution in [0.2, 0.25) is 0 Å². The molecule has 0 amide bonds. The van der Waals surface area contributed by atoms with E-state index >= 15 is 0 Å². The van der Waals surface area contributed by atoms with E-state index in [2.05, 4.69) is 59.2 Å². The quantitative estimate of drug-likeness (QED) is 0.134. The van der Waals surface area contributed by atoms with Gasteiger partial charge >= 0.3 is 0 Å². The van der Waals surface area contributed by atoms with Crippen LogP contribution in [-0.4, -0.2) is 34.9 Å². The molecule has 0 saturated heterocycles. The van der Waals surface area contributed by atoms with Crippen molar-refractivity contribution < 1.29 is 111 Å². The summed E-state index contributed by atoms with van der Waals surface area (Å²) in [6.45, 7) is 0. The zero-order chi connectivity index (χ0) is 62.1. The molecule has 8 N–H and O–H groups in total. The number of benzene rings is 12. The molecule has 0 fully saturated rings. The van der Waals surface area contributed by atoms with Gasteiger partial charge in [-0.2, -0.15) is 11.1 Å². The summed E-state index contributed by atoms with van der Waals surface area (Å²) in [4.78, 5) is 31.1. The Labute approximate surface area is 677 Å². The van der Waals surface area contributed by atoms with E-state index in [1.807, 2.05) is 273 Å². The SMILES string of the molecule is [CH3-].[CH3-].[CH3-].[CH3-].[CH3-].[CH3-].[Ir].[Ir].[Ir].[Ir].[NH2-].[NH2-].[NH2-].[NH2-].[c-]1cc(-c2nc3ccccc3o2)[c-]cc1-c1nc2ccccc2o1.[c-]1ccccc1-c1nc2ccccc2o1.[c-]1ccccc1-c1nc2ccccc2o1.c1ccc(-c2nc3ccccc3o2)cc1.c1ccc2oc(-c3ccc(-c4nc5ccccc5o4)cc3)nc2c1. The third-order valence-electron chi connectivity index (χ3n) is 14.5. The van der Waals surface area contributed by atoms with Gasteiger partial charge in [0.05, 0.1) is 33.8 Å². The molecule has 0 atom stereocenters. The standard InChI is InChI=1S/C20H12N2O2.C20H10N2O2.C13H9NO.2C13H8NO.6CH3.4Ir.4H2N/c2*1-3-7-17-15(5-1)21-19(23-17)13-9-11-14(12-10-13)20-22-16-6-2-4-8-18(16)24-20;3*1-2-6-10(7-3-1)13-14-11-8-4-5-9-12(11)15-13;;;;;;;;;;;;;;/h1-12H;1-9,12H;1-9H;2*1-6,8-9H;6*1H3;;;;;4*1H2/q;-2;;8*-1;;;;;4*-1. The fourth-order valence-corrected chi connectivity index (χ4v) is 9.96. The Hall–Kier alpha value is -10.6. The van der Waals surface area contributed by atoms with Gasteiger partial charge in [0.15, 0.2) is 16.7 Å². The van der Waals surface area contributed by atoms with Crippen LogP contribution in [0, 0.1) is 68.8 Å². The predicted octanol–water partition coefficient (Wildman–Crippen LogP) is 25.9. The molecule has 7 heterocycles. The minimum absolute atomic E-state index is 0. The van der Waals surface area contributed by atoms with Gasteiger partial charge in [-0.1, -0.05) is 114 Å². The smallest absolute Gasteiger partial charge is 0.227 e. The summed E-state index contributed by atoms with van der Waals surface area (Å²) in [7, 11) is 0. The molecule has 0 aliphatic carbocycles. The molecule has 0 unspecified atom stereocenters. The molecule has 18 nitrogen and oxygen atoms in total. The van der Waals surface area contributed by atoms with Crippen molar-refractivity contribution in [1.29, 1.82) is 0 Å². The number of hydrogen-bond acceptors (Lipinski definition) is 14. The second-order valence-electron chi connectivity index (χ2n) is 20.8. The van der Waals surface area contributed by atoms with E-state index in [0.29, 0.717) is 41.2 Å². The van der Waals surface area contributed by atoms with Crippen LogP contribution in [0.1, 0.15) is 0 Å². The number of fused-ring (bicyclic) bond motifs is 7. The van der Waals surface area contributed by atoms with Crippen LogP contribution < -0.4 is 0 Å². The zero-order valence-corrected chi connectivity index (χ0v) is 68.3. The van der Waals surface area contributed by atoms with E-state index in [-0.39, 0.29) is 150 Å². The van der Waals surface area contributed by atoms with Crippen molar-refractivity contribution in [3.8, 4) is 80.2 Å². The summed E-state index contributed by atoms with van der Waals surface area (Å²) in [5.41, 5.74) is 17.7. The van der Waals surface area contributed by atoms with Crippen LogP contribution in [0.15, 0.2) is 316 Å². The summed E-state index contributed by atoms with van der Waals surface area (Å²) in [5, 5.41) is 0. The van der Waals surface area contributed by atoms with Gasteiger partial charge in [0.2, 0.25) is 17.7 Å². The minimum Gasteiger partial charge on any atom is -0.693 e. The summed E-state index contributed by atoms with van der Waals surface area (Å²) in [6.07, 6.45) is 0. The molecular formula is C85H73Ir4N11O7-14. The van der Waals surface area contributed by atoms with Gasteiger partial charge in [0.25, 0.3) is 0 Å². The Kier molecular flexibility index (Phi) is 39.1. The van der Waals surface area contributed by atoms with Crippen molar-refractivity contribution in [1.82, 2.24) is 34.9 Å². The molecule has 0 saturated carbocycles. The van der Waals surface area contributed by atoms with E-state index in [0.717, 1.165) is 117 Å². The van der Waals surface area contributed by atoms with Crippen molar-refractivity contribution in [2.24, 2.45) is 0 Å². The predicted molar refractivity (Wildman–Crippen MR) is 418 cm³/mol. The number of aromatic nitrogens is 7. The molecule has 560 valence electrons. The average Bonchev–Trinajstić information content (AvgIpc) is 1.66. The first-order valence-corrected chi connectivity index (χ1v) is 29.6. The van der Waals surface area contributed by atoms with Crippen molar-refractivity contribution in [2.45, 2.75) is 0 Å². The van der Waals surface area contributed by atoms with Gasteiger partial charge in [0.1, 0.15) is 50.7 Å². The third-order valence-corrected chi connectivity index (χ3v) is 14.5. The Bertz CT molecular complexity index is 4830. The van der Waals surface area contributed by atoms with Crippen molar-refractivity contribution in [3.05, 3.63) is 379 Å². The van der Waals surface area contributed by atoms with Crippen LogP contribution in [0.4, 0.5) is 0 Å². The summed E-state index contributed by atoms with van der Waals surface area (Å²) >= 11 is 0. The Balaban J connectivity index is 0.000000658. The minimum atomic E-state index is 0. The maximum Gasteiger partial charge on any atom is 0.227 e. The maximum atomic E-state index is 5.80. The molecule has 0 aliphatic heterocycles. The van der Waals surface area contributed by atoms with Crippen molar-refractivity contribution in [2.75, 3.05) is 0 Å². The molecule has 0 aliphatic rings. The largest absolute Gasteiger partial charge is 0.693 e. The number of nitrogens with zero attached hydrogens (tertiary/aromatic N) is 7. The summed E-state index contributed by atoms with van der Waals surface area (Å²) in [6, 6.07) is 103. The molecule has 4 radical (unpaired) electrons. The molecule has 7 aromatic heterocycles. The number of hydrogen-bond donors (Lipinski definition) is 0. The Morgan fingerprint density at radius 1 is 0.187 bits per heavy atom. The van der Waals surface area contributed by atoms with Gasteiger partial charge in [-0.3, -0.25) is 19.9 Å². The molecule has 0 bridgehead atoms. The Morgan fingerprint density at radius 3 is 0.607 bits per heavy atom. The van der Waals surface area contributed by atoms with Gasteiger partial charge in [-0.15, -0.1) is 60.7 Å². The molecule has 0 spiro atoms. The Morgan fingerprint density at radius 2 is 0.383 bits per heavy atom. The van der Waals surface area contributed by atoms with E-state index < -0.39 is 0 Å². The molecule has 19 rings (SSSR count). The van der Waals surface area contributed by atoms with Gasteiger partial charge in [-0.05, 0) is 121 Å². The fourth-order valence-electron chi connectivity index (χ4n) is 9.96. The van der Waals surface area contributed by atoms with E-state index in [4.69, 9.17) is 30.9 Å². The summed E-state index contributed by atoms with van der Waals surface area (Å²) < 4.78 is 40.0. The average molecular weight is 2130 g/mol. The molecule has 107 heavy (non-hydrogen) atoms. The second-order valence-corrected chi connectivity index (χ2v) is 20.8. The first-order valence-electron chi connectivity index (χ1n) is 29.6. The molecular weight excluding hydrogens is 2060 g/mol. The number of nitrogens with two attached hydrogens (primary N) is 4. The van der Waals surface area contributed by atoms with E-state index in [1.165, 1.54) is 0 Å². The van der Waals surface area contributed by atoms with Gasteiger partial charge in [-0.25, -0.2) is 39.2 Å². The van der Waals surface area contributed by atoms with Crippen LogP contribution in [0.3, 0.4) is 0 Å². The van der Waals surface area contributed by atoms with E-state index in [9.17, 15) is 0 Å². The fraction of sp³-hybridized carbons (Fsp3) is 0. The third kappa shape index (κ3) is 22.0. The number of para-hydroxylation sites is 14. The van der Waals surface area contributed by atoms with Crippen LogP contribution in [0.5, 0.6) is 0 Å². The monoisotopic (exact) mass is 2130 g/mol. The number of rotatable bonds is 7. The number of oxazole rings is 7. The van der Waals surface area contributed by atoms with Crippen molar-refractivity contribution >= 4 is 77.7 Å². The van der Waals surface area contributed by atoms with Gasteiger partial charge < -0.3 is 100 Å². The van der Waals surface area contributed by atoms with Crippen LogP contribution in [0.25, 0.3) is 182 Å². The van der Waals surface area contributed by atoms with Crippen molar-refractivity contribution in [3.63, 3.8) is 0 Å². The van der Waals surface area contributed by atoms with Crippen LogP contribution in [-0.2, 0) is 80.4 Å². The first kappa shape index (κ1) is 94.4. The second kappa shape index (κ2) is 44.4. The first-order chi connectivity index (χ1) is 46.0.